The molecule has 4 rings (SSSR count). The number of amides is 1. The van der Waals surface area contributed by atoms with Crippen LogP contribution in [0.5, 0.6) is 5.75 Å². The summed E-state index contributed by atoms with van der Waals surface area (Å²) in [6, 6.07) is 11.5. The van der Waals surface area contributed by atoms with Crippen molar-refractivity contribution in [2.75, 3.05) is 12.0 Å². The van der Waals surface area contributed by atoms with E-state index in [2.05, 4.69) is 0 Å². The molecule has 0 N–H and O–H groups in total. The molecule has 2 aromatic rings. The van der Waals surface area contributed by atoms with Crippen LogP contribution >= 0.6 is 11.6 Å². The first-order chi connectivity index (χ1) is 14.4. The molecule has 0 aromatic heterocycles. The van der Waals surface area contributed by atoms with E-state index in [1.54, 1.807) is 13.2 Å². The molecule has 0 saturated heterocycles. The van der Waals surface area contributed by atoms with Crippen LogP contribution in [0, 0.1) is 10.1 Å². The van der Waals surface area contributed by atoms with Crippen LogP contribution in [-0.4, -0.2) is 23.7 Å². The Morgan fingerprint density at radius 3 is 2.70 bits per heavy atom. The highest BCUT2D eigenvalue weighted by molar-refractivity contribution is 6.31. The Balaban J connectivity index is 1.89. The van der Waals surface area contributed by atoms with Gasteiger partial charge in [-0.05, 0) is 42.7 Å². The molecule has 8 heteroatoms. The minimum atomic E-state index is -0.562. The molecule has 2 aromatic carbocycles. The van der Waals surface area contributed by atoms with Gasteiger partial charge in [0.05, 0.1) is 12.0 Å². The summed E-state index contributed by atoms with van der Waals surface area (Å²) in [5, 5.41) is 11.8. The average Bonchev–Trinajstić information content (AvgIpc) is 2.73. The SMILES string of the molecule is COc1cccc(C2CC(=O)N(c3ccc(Cl)cc3[N+](=O)[O-])C3=C2C(=O)CCC3)c1. The van der Waals surface area contributed by atoms with Crippen LogP contribution in [0.2, 0.25) is 5.02 Å². The lowest BCUT2D eigenvalue weighted by Gasteiger charge is -2.38. The van der Waals surface area contributed by atoms with Gasteiger partial charge in [0.15, 0.2) is 5.78 Å². The summed E-state index contributed by atoms with van der Waals surface area (Å²) in [5.74, 6) is -0.0842. The Morgan fingerprint density at radius 2 is 1.97 bits per heavy atom. The summed E-state index contributed by atoms with van der Waals surface area (Å²) in [5.41, 5.74) is 1.79. The molecule has 0 radical (unpaired) electrons. The summed E-state index contributed by atoms with van der Waals surface area (Å²) in [6.45, 7) is 0. The Bertz CT molecular complexity index is 1090. The lowest BCUT2D eigenvalue weighted by molar-refractivity contribution is -0.384. The minimum absolute atomic E-state index is 0.0295. The van der Waals surface area contributed by atoms with Crippen molar-refractivity contribution in [3.8, 4) is 5.75 Å². The fraction of sp³-hybridized carbons (Fsp3) is 0.273. The summed E-state index contributed by atoms with van der Waals surface area (Å²) in [4.78, 5) is 38.6. The van der Waals surface area contributed by atoms with Crippen molar-refractivity contribution in [1.82, 2.24) is 0 Å². The van der Waals surface area contributed by atoms with Crippen LogP contribution in [-0.2, 0) is 9.59 Å². The second-order valence-electron chi connectivity index (χ2n) is 7.29. The fourth-order valence-electron chi connectivity index (χ4n) is 4.25. The van der Waals surface area contributed by atoms with Crippen molar-refractivity contribution in [3.63, 3.8) is 0 Å². The van der Waals surface area contributed by atoms with E-state index in [9.17, 15) is 19.7 Å². The van der Waals surface area contributed by atoms with E-state index in [1.807, 2.05) is 18.2 Å². The van der Waals surface area contributed by atoms with Crippen LogP contribution in [0.1, 0.15) is 37.2 Å². The molecule has 1 amide bonds. The molecule has 30 heavy (non-hydrogen) atoms. The number of nitro benzene ring substituents is 1. The highest BCUT2D eigenvalue weighted by atomic mass is 35.5. The van der Waals surface area contributed by atoms with Crippen LogP contribution in [0.15, 0.2) is 53.7 Å². The number of anilines is 1. The maximum atomic E-state index is 13.2. The first-order valence-corrected chi connectivity index (χ1v) is 9.95. The maximum Gasteiger partial charge on any atom is 0.294 e. The van der Waals surface area contributed by atoms with Crippen LogP contribution in [0.4, 0.5) is 11.4 Å². The number of ketones is 1. The summed E-state index contributed by atoms with van der Waals surface area (Å²) in [6.07, 6.45) is 1.52. The molecule has 0 spiro atoms. The van der Waals surface area contributed by atoms with Crippen LogP contribution < -0.4 is 9.64 Å². The van der Waals surface area contributed by atoms with Crippen molar-refractivity contribution in [1.29, 1.82) is 0 Å². The maximum absolute atomic E-state index is 13.2. The van der Waals surface area contributed by atoms with Crippen molar-refractivity contribution in [2.24, 2.45) is 0 Å². The number of Topliss-reactive ketones (excluding diaryl/α,β-unsaturated/α-hetero) is 1. The Labute approximate surface area is 178 Å². The van der Waals surface area contributed by atoms with Gasteiger partial charge in [0, 0.05) is 41.1 Å². The number of nitro groups is 1. The molecule has 1 unspecified atom stereocenters. The van der Waals surface area contributed by atoms with E-state index in [0.29, 0.717) is 36.3 Å². The Morgan fingerprint density at radius 1 is 1.17 bits per heavy atom. The largest absolute Gasteiger partial charge is 0.497 e. The predicted octanol–water partition coefficient (Wildman–Crippen LogP) is 4.78. The zero-order valence-electron chi connectivity index (χ0n) is 16.3. The smallest absolute Gasteiger partial charge is 0.294 e. The summed E-state index contributed by atoms with van der Waals surface area (Å²) >= 11 is 5.94. The lowest BCUT2D eigenvalue weighted by Crippen LogP contribution is -2.40. The summed E-state index contributed by atoms with van der Waals surface area (Å²) in [7, 11) is 1.56. The normalized spacial score (nSPS) is 19.0. The van der Waals surface area contributed by atoms with E-state index in [1.165, 1.54) is 23.1 Å². The average molecular weight is 427 g/mol. The first kappa shape index (κ1) is 20.1. The van der Waals surface area contributed by atoms with Gasteiger partial charge in [-0.15, -0.1) is 0 Å². The van der Waals surface area contributed by atoms with Gasteiger partial charge in [-0.25, -0.2) is 0 Å². The predicted molar refractivity (Wildman–Crippen MR) is 112 cm³/mol. The monoisotopic (exact) mass is 426 g/mol. The molecule has 1 heterocycles. The number of carbonyl (C=O) groups is 2. The Kier molecular flexibility index (Phi) is 5.30. The molecule has 1 aliphatic heterocycles. The molecule has 0 fully saturated rings. The van der Waals surface area contributed by atoms with E-state index >= 15 is 0 Å². The number of ether oxygens (including phenoxy) is 1. The van der Waals surface area contributed by atoms with E-state index in [-0.39, 0.29) is 34.5 Å². The number of rotatable bonds is 4. The van der Waals surface area contributed by atoms with Crippen molar-refractivity contribution >= 4 is 34.7 Å². The molecule has 1 atom stereocenters. The third kappa shape index (κ3) is 3.45. The molecule has 0 bridgehead atoms. The highest BCUT2D eigenvalue weighted by Crippen LogP contribution is 2.45. The second kappa shape index (κ2) is 7.91. The van der Waals surface area contributed by atoms with Crippen molar-refractivity contribution < 1.29 is 19.2 Å². The minimum Gasteiger partial charge on any atom is -0.497 e. The van der Waals surface area contributed by atoms with Gasteiger partial charge in [-0.3, -0.25) is 24.6 Å². The molecular weight excluding hydrogens is 408 g/mol. The molecule has 0 saturated carbocycles. The zero-order valence-corrected chi connectivity index (χ0v) is 17.0. The fourth-order valence-corrected chi connectivity index (χ4v) is 4.41. The topological polar surface area (TPSA) is 89.8 Å². The number of methoxy groups -OCH3 is 1. The molecular formula is C22H19ClN2O5. The molecule has 1 aliphatic carbocycles. The van der Waals surface area contributed by atoms with E-state index in [0.717, 1.165) is 5.56 Å². The van der Waals surface area contributed by atoms with Gasteiger partial charge in [-0.1, -0.05) is 23.7 Å². The third-order valence-electron chi connectivity index (χ3n) is 5.55. The number of allylic oxidation sites excluding steroid dienone is 2. The van der Waals surface area contributed by atoms with Crippen molar-refractivity contribution in [2.45, 2.75) is 31.6 Å². The van der Waals surface area contributed by atoms with Gasteiger partial charge in [0.25, 0.3) is 5.69 Å². The van der Waals surface area contributed by atoms with Crippen LogP contribution in [0.25, 0.3) is 0 Å². The number of nitrogens with zero attached hydrogens (tertiary/aromatic N) is 2. The standard InChI is InChI=1S/C22H19ClN2O5/c1-30-15-5-2-4-13(10-15)16-12-21(27)24(18-6-3-7-20(26)22(16)18)17-9-8-14(23)11-19(17)25(28)29/h2,4-5,8-11,16H,3,6-7,12H2,1H3. The lowest BCUT2D eigenvalue weighted by atomic mass is 9.77. The number of hydrogen-bond acceptors (Lipinski definition) is 5. The molecule has 7 nitrogen and oxygen atoms in total. The quantitative estimate of drug-likeness (QED) is 0.518. The first-order valence-electron chi connectivity index (χ1n) is 9.57. The van der Waals surface area contributed by atoms with Gasteiger partial charge in [0.2, 0.25) is 5.91 Å². The van der Waals surface area contributed by atoms with Gasteiger partial charge >= 0.3 is 0 Å². The van der Waals surface area contributed by atoms with E-state index < -0.39 is 10.8 Å². The Hall–Kier alpha value is -3.19. The van der Waals surface area contributed by atoms with Gasteiger partial charge in [0.1, 0.15) is 11.4 Å². The van der Waals surface area contributed by atoms with Crippen LogP contribution in [0.3, 0.4) is 0 Å². The molecule has 2 aliphatic rings. The second-order valence-corrected chi connectivity index (χ2v) is 7.73. The van der Waals surface area contributed by atoms with Gasteiger partial charge < -0.3 is 4.74 Å². The third-order valence-corrected chi connectivity index (χ3v) is 5.78. The highest BCUT2D eigenvalue weighted by Gasteiger charge is 2.41. The molecule has 154 valence electrons. The number of benzene rings is 2. The zero-order chi connectivity index (χ0) is 21.4. The van der Waals surface area contributed by atoms with E-state index in [4.69, 9.17) is 16.3 Å². The van der Waals surface area contributed by atoms with Gasteiger partial charge in [-0.2, -0.15) is 0 Å². The van der Waals surface area contributed by atoms with Crippen molar-refractivity contribution in [3.05, 3.63) is 74.4 Å². The number of halogens is 1. The summed E-state index contributed by atoms with van der Waals surface area (Å²) < 4.78 is 5.30. The number of carbonyl (C=O) groups excluding carboxylic acids is 2. The number of hydrogen-bond donors (Lipinski definition) is 0.